The number of nitrogens with zero attached hydrogens (tertiary/aromatic N) is 1. The van der Waals surface area contributed by atoms with Gasteiger partial charge in [-0.1, -0.05) is 49.5 Å². The smallest absolute Gasteiger partial charge is 0.345 e. The van der Waals surface area contributed by atoms with Crippen LogP contribution in [0.2, 0.25) is 0 Å². The molecule has 2 rings (SSSR count). The molecular weight excluding hydrogens is 520 g/mol. The van der Waals surface area contributed by atoms with Crippen molar-refractivity contribution in [3.63, 3.8) is 0 Å². The third-order valence-corrected chi connectivity index (χ3v) is 7.47. The molecule has 0 radical (unpaired) electrons. The number of hydrogen-bond acceptors (Lipinski definition) is 12. The second-order valence-corrected chi connectivity index (χ2v) is 10.6. The predicted molar refractivity (Wildman–Crippen MR) is 142 cm³/mol. The predicted octanol–water partition coefficient (Wildman–Crippen LogP) is 2.51. The number of rotatable bonds is 10. The standard InChI is InChI=1S/C25H32N2O8S2/c1-25(2)12-15(36-14(22(29)33-6)11-17(28)32-5)18-16(13-25)37-21(24(31)35-8)19(23(30)34-7)20(18)27(4)10-9-26-3/h11-13,26H,9-10H2,1-8H3/b14-11+. The van der Waals surface area contributed by atoms with Gasteiger partial charge in [0.25, 0.3) is 0 Å². The van der Waals surface area contributed by atoms with Gasteiger partial charge in [-0.05, 0) is 7.05 Å². The number of esters is 4. The Morgan fingerprint density at radius 2 is 1.68 bits per heavy atom. The van der Waals surface area contributed by atoms with Crippen LogP contribution in [0.25, 0.3) is 0 Å². The molecule has 0 saturated heterocycles. The van der Waals surface area contributed by atoms with Crippen LogP contribution in [-0.2, 0) is 38.1 Å². The fraction of sp³-hybridized carbons (Fsp3) is 0.440. The van der Waals surface area contributed by atoms with Gasteiger partial charge in [0.2, 0.25) is 0 Å². The van der Waals surface area contributed by atoms with Gasteiger partial charge < -0.3 is 29.2 Å². The molecule has 1 heterocycles. The lowest BCUT2D eigenvalue weighted by atomic mass is 9.85. The zero-order chi connectivity index (χ0) is 27.9. The summed E-state index contributed by atoms with van der Waals surface area (Å²) in [6.45, 7) is 4.98. The molecule has 0 unspecified atom stereocenters. The summed E-state index contributed by atoms with van der Waals surface area (Å²) in [4.78, 5) is 53.7. The highest BCUT2D eigenvalue weighted by Gasteiger charge is 2.40. The molecule has 1 N–H and O–H groups in total. The first kappa shape index (κ1) is 30.3. The molecule has 0 atom stereocenters. The average Bonchev–Trinajstić information content (AvgIpc) is 2.87. The van der Waals surface area contributed by atoms with Gasteiger partial charge in [0.1, 0.15) is 15.4 Å². The van der Waals surface area contributed by atoms with Crippen molar-refractivity contribution in [2.24, 2.45) is 5.41 Å². The molecule has 0 aromatic rings. The fourth-order valence-corrected chi connectivity index (χ4v) is 6.22. The maximum atomic E-state index is 13.1. The Morgan fingerprint density at radius 3 is 2.22 bits per heavy atom. The molecule has 1 aliphatic heterocycles. The van der Waals surface area contributed by atoms with E-state index in [0.29, 0.717) is 34.2 Å². The number of thioether (sulfide) groups is 2. The number of ether oxygens (including phenoxy) is 4. The van der Waals surface area contributed by atoms with Gasteiger partial charge >= 0.3 is 23.9 Å². The third kappa shape index (κ3) is 7.08. The monoisotopic (exact) mass is 552 g/mol. The Balaban J connectivity index is 2.92. The average molecular weight is 553 g/mol. The van der Waals surface area contributed by atoms with Gasteiger partial charge in [0.05, 0.1) is 34.1 Å². The maximum Gasteiger partial charge on any atom is 0.345 e. The van der Waals surface area contributed by atoms with Crippen LogP contribution in [0.5, 0.6) is 0 Å². The molecule has 2 aliphatic rings. The topological polar surface area (TPSA) is 120 Å². The lowest BCUT2D eigenvalue weighted by molar-refractivity contribution is -0.138. The summed E-state index contributed by atoms with van der Waals surface area (Å²) in [6, 6.07) is 0. The maximum absolute atomic E-state index is 13.1. The van der Waals surface area contributed by atoms with Gasteiger partial charge in [-0.15, -0.1) is 0 Å². The number of nitrogens with one attached hydrogen (secondary N) is 1. The number of carbonyl (C=O) groups excluding carboxylic acids is 4. The highest BCUT2D eigenvalue weighted by Crippen LogP contribution is 2.54. The van der Waals surface area contributed by atoms with Crippen LogP contribution < -0.4 is 5.32 Å². The molecule has 0 saturated carbocycles. The van der Waals surface area contributed by atoms with Gasteiger partial charge in [-0.25, -0.2) is 19.2 Å². The van der Waals surface area contributed by atoms with E-state index in [1.165, 1.54) is 28.4 Å². The van der Waals surface area contributed by atoms with Crippen LogP contribution in [0.1, 0.15) is 13.8 Å². The zero-order valence-electron chi connectivity index (χ0n) is 22.2. The zero-order valence-corrected chi connectivity index (χ0v) is 23.8. The fourth-order valence-electron chi connectivity index (χ4n) is 3.59. The van der Waals surface area contributed by atoms with Crippen molar-refractivity contribution in [1.82, 2.24) is 10.2 Å². The summed E-state index contributed by atoms with van der Waals surface area (Å²) in [6.07, 6.45) is 4.96. The molecule has 0 spiro atoms. The van der Waals surface area contributed by atoms with Crippen molar-refractivity contribution in [3.05, 3.63) is 54.7 Å². The van der Waals surface area contributed by atoms with Crippen molar-refractivity contribution in [2.75, 3.05) is 55.6 Å². The van der Waals surface area contributed by atoms with Crippen LogP contribution in [0, 0.1) is 5.41 Å². The highest BCUT2D eigenvalue weighted by molar-refractivity contribution is 8.09. The summed E-state index contributed by atoms with van der Waals surface area (Å²) in [5.41, 5.74) is 0.594. The Morgan fingerprint density at radius 1 is 1.03 bits per heavy atom. The van der Waals surface area contributed by atoms with E-state index in [9.17, 15) is 19.2 Å². The highest BCUT2D eigenvalue weighted by atomic mass is 32.2. The lowest BCUT2D eigenvalue weighted by Crippen LogP contribution is -2.33. The third-order valence-electron chi connectivity index (χ3n) is 5.31. The Labute approximate surface area is 225 Å². The van der Waals surface area contributed by atoms with E-state index < -0.39 is 29.3 Å². The van der Waals surface area contributed by atoms with Gasteiger partial charge in [0.15, 0.2) is 0 Å². The molecular formula is C25H32N2O8S2. The molecule has 0 aromatic carbocycles. The summed E-state index contributed by atoms with van der Waals surface area (Å²) in [5.74, 6) is -2.83. The first-order valence-corrected chi connectivity index (χ1v) is 12.8. The van der Waals surface area contributed by atoms with Crippen molar-refractivity contribution in [3.8, 4) is 0 Å². The van der Waals surface area contributed by atoms with E-state index in [4.69, 9.17) is 18.9 Å². The van der Waals surface area contributed by atoms with E-state index in [-0.39, 0.29) is 15.4 Å². The van der Waals surface area contributed by atoms with E-state index in [1.807, 2.05) is 30.9 Å². The number of likely N-dealkylation sites (N-methyl/N-ethyl adjacent to an activating group) is 2. The minimum absolute atomic E-state index is 0.00487. The van der Waals surface area contributed by atoms with E-state index >= 15 is 0 Å². The molecule has 0 fully saturated rings. The number of allylic oxidation sites excluding steroid dienone is 4. The molecule has 0 amide bonds. The van der Waals surface area contributed by atoms with E-state index in [2.05, 4.69) is 5.32 Å². The molecule has 12 heteroatoms. The summed E-state index contributed by atoms with van der Waals surface area (Å²) in [7, 11) is 8.49. The Bertz CT molecular complexity index is 1130. The van der Waals surface area contributed by atoms with Crippen LogP contribution in [0.15, 0.2) is 54.7 Å². The number of carbonyl (C=O) groups is 4. The van der Waals surface area contributed by atoms with Crippen LogP contribution in [0.4, 0.5) is 0 Å². The van der Waals surface area contributed by atoms with E-state index in [1.54, 1.807) is 14.1 Å². The Kier molecular flexibility index (Phi) is 10.6. The van der Waals surface area contributed by atoms with Crippen LogP contribution in [0.3, 0.4) is 0 Å². The van der Waals surface area contributed by atoms with Crippen molar-refractivity contribution >= 4 is 47.4 Å². The van der Waals surface area contributed by atoms with Crippen molar-refractivity contribution in [1.29, 1.82) is 0 Å². The first-order chi connectivity index (χ1) is 17.4. The van der Waals surface area contributed by atoms with Crippen LogP contribution in [-0.4, -0.2) is 84.4 Å². The quantitative estimate of drug-likeness (QED) is 0.244. The second-order valence-electron chi connectivity index (χ2n) is 8.50. The van der Waals surface area contributed by atoms with Gasteiger partial charge in [-0.3, -0.25) is 0 Å². The molecule has 1 aliphatic carbocycles. The lowest BCUT2D eigenvalue weighted by Gasteiger charge is -2.36. The second kappa shape index (κ2) is 13.0. The molecule has 10 nitrogen and oxygen atoms in total. The summed E-state index contributed by atoms with van der Waals surface area (Å²) < 4.78 is 19.7. The normalized spacial score (nSPS) is 16.8. The largest absolute Gasteiger partial charge is 0.466 e. The molecule has 202 valence electrons. The van der Waals surface area contributed by atoms with Crippen LogP contribution >= 0.6 is 23.5 Å². The number of hydrogen-bond donors (Lipinski definition) is 1. The number of methoxy groups -OCH3 is 4. The number of fused-ring (bicyclic) bond motifs is 1. The Hall–Kier alpha value is -2.96. The summed E-state index contributed by atoms with van der Waals surface area (Å²) in [5, 5.41) is 3.07. The molecule has 0 aromatic heterocycles. The molecule has 37 heavy (non-hydrogen) atoms. The molecule has 0 bridgehead atoms. The summed E-state index contributed by atoms with van der Waals surface area (Å²) >= 11 is 2.11. The minimum Gasteiger partial charge on any atom is -0.466 e. The SMILES string of the molecule is CNCCN(C)C1=C2C(=CC(C)(C)C=C2S/C(=C/C(=O)OC)C(=O)OC)SC(C(=O)OC)=C1C(=O)OC. The minimum atomic E-state index is -0.724. The van der Waals surface area contributed by atoms with Crippen molar-refractivity contribution < 1.29 is 38.1 Å². The van der Waals surface area contributed by atoms with Gasteiger partial charge in [0, 0.05) is 47.0 Å². The van der Waals surface area contributed by atoms with E-state index in [0.717, 1.165) is 29.6 Å². The van der Waals surface area contributed by atoms with Crippen molar-refractivity contribution in [2.45, 2.75) is 13.8 Å². The van der Waals surface area contributed by atoms with Gasteiger partial charge in [-0.2, -0.15) is 0 Å². The first-order valence-electron chi connectivity index (χ1n) is 11.2.